The molecule has 0 atom stereocenters. The van der Waals surface area contributed by atoms with Crippen LogP contribution in [0.1, 0.15) is 37.2 Å². The van der Waals surface area contributed by atoms with Crippen molar-refractivity contribution >= 4 is 0 Å². The minimum absolute atomic E-state index is 0.159. The lowest BCUT2D eigenvalue weighted by molar-refractivity contribution is 0.207. The van der Waals surface area contributed by atoms with E-state index in [1.807, 2.05) is 0 Å². The van der Waals surface area contributed by atoms with E-state index in [9.17, 15) is 0 Å². The number of aromatic nitrogens is 1. The normalized spacial score (nSPS) is 12.1. The van der Waals surface area contributed by atoms with E-state index in [1.165, 1.54) is 17.0 Å². The molecule has 2 N–H and O–H groups in total. The van der Waals surface area contributed by atoms with Crippen molar-refractivity contribution in [3.63, 3.8) is 0 Å². The fourth-order valence-electron chi connectivity index (χ4n) is 2.04. The number of nitrogens with one attached hydrogen (secondary N) is 1. The van der Waals surface area contributed by atoms with Gasteiger partial charge in [-0.1, -0.05) is 13.8 Å². The second-order valence-electron chi connectivity index (χ2n) is 5.70. The molecule has 98 valence electrons. The molecule has 3 heteroatoms. The summed E-state index contributed by atoms with van der Waals surface area (Å²) in [6, 6.07) is 2.24. The van der Waals surface area contributed by atoms with Gasteiger partial charge in [-0.2, -0.15) is 0 Å². The topological polar surface area (TPSA) is 37.2 Å². The second kappa shape index (κ2) is 5.69. The van der Waals surface area contributed by atoms with Crippen LogP contribution in [0.3, 0.4) is 0 Å². The quantitative estimate of drug-likeness (QED) is 0.797. The van der Waals surface area contributed by atoms with Crippen LogP contribution in [-0.4, -0.2) is 22.8 Å². The van der Waals surface area contributed by atoms with E-state index in [0.717, 1.165) is 19.5 Å². The molecule has 0 aliphatic heterocycles. The summed E-state index contributed by atoms with van der Waals surface area (Å²) in [7, 11) is 2.10. The number of hydrogen-bond donors (Lipinski definition) is 2. The van der Waals surface area contributed by atoms with E-state index in [2.05, 4.69) is 50.7 Å². The molecule has 0 bridgehead atoms. The molecule has 17 heavy (non-hydrogen) atoms. The lowest BCUT2D eigenvalue weighted by Gasteiger charge is -2.24. The van der Waals surface area contributed by atoms with E-state index in [0.29, 0.717) is 0 Å². The Bertz CT molecular complexity index is 367. The smallest absolute Gasteiger partial charge is 0.0436 e. The van der Waals surface area contributed by atoms with Gasteiger partial charge in [-0.3, -0.25) is 0 Å². The minimum atomic E-state index is 0.159. The van der Waals surface area contributed by atoms with Crippen molar-refractivity contribution in [1.82, 2.24) is 9.88 Å². The molecule has 0 amide bonds. The first-order valence-electron chi connectivity index (χ1n) is 6.31. The number of aliphatic hydroxyl groups excluding tert-OH is 1. The standard InChI is InChI=1S/C14H26N2O/c1-11-8-13(12(2)16(11)5)9-15-10-14(3,4)6-7-17/h8,15,17H,6-7,9-10H2,1-5H3. The molecule has 0 saturated carbocycles. The van der Waals surface area contributed by atoms with Crippen LogP contribution in [0.4, 0.5) is 0 Å². The Morgan fingerprint density at radius 2 is 2.00 bits per heavy atom. The monoisotopic (exact) mass is 238 g/mol. The molecule has 0 aliphatic rings. The summed E-state index contributed by atoms with van der Waals surface area (Å²) >= 11 is 0. The molecule has 0 saturated heterocycles. The van der Waals surface area contributed by atoms with Crippen LogP contribution in [0.2, 0.25) is 0 Å². The molecule has 0 aliphatic carbocycles. The van der Waals surface area contributed by atoms with Crippen molar-refractivity contribution in [3.8, 4) is 0 Å². The SMILES string of the molecule is Cc1cc(CNCC(C)(C)CCO)c(C)n1C. The summed E-state index contributed by atoms with van der Waals surface area (Å²) in [6.45, 7) is 10.7. The lowest BCUT2D eigenvalue weighted by Crippen LogP contribution is -2.30. The molecule has 1 aromatic rings. The first kappa shape index (κ1) is 14.3. The van der Waals surface area contributed by atoms with Crippen molar-refractivity contribution in [1.29, 1.82) is 0 Å². The van der Waals surface area contributed by atoms with Crippen molar-refractivity contribution in [2.45, 2.75) is 40.7 Å². The fourth-order valence-corrected chi connectivity index (χ4v) is 2.04. The minimum Gasteiger partial charge on any atom is -0.396 e. The zero-order valence-electron chi connectivity index (χ0n) is 11.8. The number of nitrogens with zero attached hydrogens (tertiary/aromatic N) is 1. The van der Waals surface area contributed by atoms with Crippen LogP contribution in [0.25, 0.3) is 0 Å². The number of aryl methyl sites for hydroxylation is 1. The molecule has 0 spiro atoms. The molecular formula is C14H26N2O. The van der Waals surface area contributed by atoms with Gasteiger partial charge in [0.1, 0.15) is 0 Å². The first-order valence-corrected chi connectivity index (χ1v) is 6.31. The average Bonchev–Trinajstić information content (AvgIpc) is 2.46. The highest BCUT2D eigenvalue weighted by molar-refractivity contribution is 5.26. The highest BCUT2D eigenvalue weighted by Gasteiger charge is 2.16. The number of aliphatic hydroxyl groups is 1. The van der Waals surface area contributed by atoms with Crippen molar-refractivity contribution in [3.05, 3.63) is 23.0 Å². The highest BCUT2D eigenvalue weighted by atomic mass is 16.3. The molecule has 0 aromatic carbocycles. The van der Waals surface area contributed by atoms with E-state index >= 15 is 0 Å². The van der Waals surface area contributed by atoms with E-state index in [-0.39, 0.29) is 12.0 Å². The highest BCUT2D eigenvalue weighted by Crippen LogP contribution is 2.19. The van der Waals surface area contributed by atoms with Gasteiger partial charge in [0.15, 0.2) is 0 Å². The van der Waals surface area contributed by atoms with Gasteiger partial charge in [0, 0.05) is 38.1 Å². The summed E-state index contributed by atoms with van der Waals surface area (Å²) in [5, 5.41) is 12.5. The zero-order valence-corrected chi connectivity index (χ0v) is 11.8. The molecule has 3 nitrogen and oxygen atoms in total. The van der Waals surface area contributed by atoms with Crippen LogP contribution < -0.4 is 5.32 Å². The lowest BCUT2D eigenvalue weighted by atomic mass is 9.90. The van der Waals surface area contributed by atoms with Crippen LogP contribution in [0.5, 0.6) is 0 Å². The predicted molar refractivity (Wildman–Crippen MR) is 72.1 cm³/mol. The molecular weight excluding hydrogens is 212 g/mol. The van der Waals surface area contributed by atoms with Gasteiger partial charge in [0.25, 0.3) is 0 Å². The molecule has 0 fully saturated rings. The largest absolute Gasteiger partial charge is 0.396 e. The first-order chi connectivity index (χ1) is 7.87. The molecule has 0 unspecified atom stereocenters. The van der Waals surface area contributed by atoms with Crippen molar-refractivity contribution in [2.75, 3.05) is 13.2 Å². The third-order valence-electron chi connectivity index (χ3n) is 3.59. The van der Waals surface area contributed by atoms with E-state index in [4.69, 9.17) is 5.11 Å². The Balaban J connectivity index is 2.48. The number of hydrogen-bond acceptors (Lipinski definition) is 2. The summed E-state index contributed by atoms with van der Waals surface area (Å²) < 4.78 is 2.22. The Morgan fingerprint density at radius 1 is 1.35 bits per heavy atom. The van der Waals surface area contributed by atoms with E-state index in [1.54, 1.807) is 0 Å². The summed E-state index contributed by atoms with van der Waals surface area (Å²) in [4.78, 5) is 0. The zero-order chi connectivity index (χ0) is 13.1. The van der Waals surface area contributed by atoms with Gasteiger partial charge >= 0.3 is 0 Å². The van der Waals surface area contributed by atoms with Gasteiger partial charge < -0.3 is 15.0 Å². The van der Waals surface area contributed by atoms with Crippen LogP contribution in [0.15, 0.2) is 6.07 Å². The summed E-state index contributed by atoms with van der Waals surface area (Å²) in [6.07, 6.45) is 0.840. The molecule has 1 rings (SSSR count). The average molecular weight is 238 g/mol. The summed E-state index contributed by atoms with van der Waals surface area (Å²) in [5.74, 6) is 0. The predicted octanol–water partition coefficient (Wildman–Crippen LogP) is 2.14. The maximum absolute atomic E-state index is 8.97. The Labute approximate surface area is 105 Å². The van der Waals surface area contributed by atoms with E-state index < -0.39 is 0 Å². The summed E-state index contributed by atoms with van der Waals surface area (Å²) in [5.41, 5.74) is 4.15. The van der Waals surface area contributed by atoms with Gasteiger partial charge in [0.2, 0.25) is 0 Å². The van der Waals surface area contributed by atoms with Crippen LogP contribution >= 0.6 is 0 Å². The fraction of sp³-hybridized carbons (Fsp3) is 0.714. The third kappa shape index (κ3) is 3.86. The molecule has 1 aromatic heterocycles. The van der Waals surface area contributed by atoms with Crippen molar-refractivity contribution in [2.24, 2.45) is 12.5 Å². The maximum Gasteiger partial charge on any atom is 0.0436 e. The van der Waals surface area contributed by atoms with Gasteiger partial charge in [-0.05, 0) is 37.3 Å². The van der Waals surface area contributed by atoms with Gasteiger partial charge in [0.05, 0.1) is 0 Å². The van der Waals surface area contributed by atoms with Crippen LogP contribution in [-0.2, 0) is 13.6 Å². The Hall–Kier alpha value is -0.800. The molecule has 0 radical (unpaired) electrons. The third-order valence-corrected chi connectivity index (χ3v) is 3.59. The Kier molecular flexibility index (Phi) is 4.78. The molecule has 1 heterocycles. The maximum atomic E-state index is 8.97. The number of rotatable bonds is 6. The van der Waals surface area contributed by atoms with Crippen LogP contribution in [0, 0.1) is 19.3 Å². The van der Waals surface area contributed by atoms with Crippen molar-refractivity contribution < 1.29 is 5.11 Å². The van der Waals surface area contributed by atoms with Gasteiger partial charge in [-0.15, -0.1) is 0 Å². The second-order valence-corrected chi connectivity index (χ2v) is 5.70. The Morgan fingerprint density at radius 3 is 2.47 bits per heavy atom. The van der Waals surface area contributed by atoms with Gasteiger partial charge in [-0.25, -0.2) is 0 Å².